The Bertz CT molecular complexity index is 2660. The van der Waals surface area contributed by atoms with Gasteiger partial charge in [-0.1, -0.05) is 170 Å². The van der Waals surface area contributed by atoms with Gasteiger partial charge in [-0.05, 0) is 119 Å². The van der Waals surface area contributed by atoms with Gasteiger partial charge in [0.05, 0.1) is 0 Å². The summed E-state index contributed by atoms with van der Waals surface area (Å²) in [5.74, 6) is 0.484. The van der Waals surface area contributed by atoms with Crippen LogP contribution in [-0.2, 0) is 6.42 Å². The van der Waals surface area contributed by atoms with E-state index in [9.17, 15) is 0 Å². The van der Waals surface area contributed by atoms with Crippen molar-refractivity contribution in [3.05, 3.63) is 226 Å². The van der Waals surface area contributed by atoms with Crippen LogP contribution < -0.4 is 0 Å². The number of benzene rings is 8. The Morgan fingerprint density at radius 1 is 0.275 bits per heavy atom. The molecule has 0 nitrogen and oxygen atoms in total. The topological polar surface area (TPSA) is 0 Å². The van der Waals surface area contributed by atoms with Crippen LogP contribution in [0.15, 0.2) is 182 Å². The monoisotopic (exact) mass is 646 g/mol. The molecule has 3 aliphatic rings. The zero-order valence-electron chi connectivity index (χ0n) is 28.2. The third-order valence-electron chi connectivity index (χ3n) is 11.7. The maximum Gasteiger partial charge on any atom is 0.0352 e. The van der Waals surface area contributed by atoms with E-state index in [2.05, 4.69) is 182 Å². The summed E-state index contributed by atoms with van der Waals surface area (Å²) >= 11 is 0. The fraction of sp³-hybridized carbons (Fsp3) is 0.0588. The SMILES string of the molecule is c1ccc(C2c3ccccc3-c3cc(-c4ccc5c(c4)-c4ccccc4C5c4ccc(-c5ccc6c(c5)Cc5ccccc5-6)cc4)ccc32)cc1. The average molecular weight is 647 g/mol. The van der Waals surface area contributed by atoms with Gasteiger partial charge in [-0.2, -0.15) is 0 Å². The molecule has 11 rings (SSSR count). The molecule has 0 N–H and O–H groups in total. The molecule has 0 radical (unpaired) electrons. The first-order chi connectivity index (χ1) is 25.3. The summed E-state index contributed by atoms with van der Waals surface area (Å²) in [6, 6.07) is 68.3. The highest BCUT2D eigenvalue weighted by Crippen LogP contribution is 2.51. The molecule has 0 fully saturated rings. The second kappa shape index (κ2) is 11.1. The highest BCUT2D eigenvalue weighted by Gasteiger charge is 2.32. The van der Waals surface area contributed by atoms with Crippen molar-refractivity contribution >= 4 is 0 Å². The second-order valence-electron chi connectivity index (χ2n) is 14.4. The summed E-state index contributed by atoms with van der Waals surface area (Å²) < 4.78 is 0. The van der Waals surface area contributed by atoms with Gasteiger partial charge >= 0.3 is 0 Å². The fourth-order valence-corrected chi connectivity index (χ4v) is 9.32. The molecule has 0 saturated carbocycles. The predicted octanol–water partition coefficient (Wildman–Crippen LogP) is 12.9. The standard InChI is InChI=1S/C51H34/c1-2-10-33(11-3-1)50-44-16-8-6-14-42(44)48-30-36(23-26-46(48)50)37-24-27-47-49(31-37)43-15-7-9-17-45(43)51(47)34-20-18-32(19-21-34)35-22-25-41-39(28-35)29-38-12-4-5-13-40(38)41/h1-28,30-31,50-51H,29H2. The third-order valence-corrected chi connectivity index (χ3v) is 11.7. The fourth-order valence-electron chi connectivity index (χ4n) is 9.32. The molecule has 0 aromatic heterocycles. The highest BCUT2D eigenvalue weighted by atomic mass is 14.3. The van der Waals surface area contributed by atoms with Gasteiger partial charge in [0.1, 0.15) is 0 Å². The number of fused-ring (bicyclic) bond motifs is 9. The van der Waals surface area contributed by atoms with E-state index in [0.29, 0.717) is 0 Å². The zero-order chi connectivity index (χ0) is 33.5. The van der Waals surface area contributed by atoms with Gasteiger partial charge in [0.25, 0.3) is 0 Å². The maximum atomic E-state index is 2.43. The summed E-state index contributed by atoms with van der Waals surface area (Å²) in [6.07, 6.45) is 1.02. The quantitative estimate of drug-likeness (QED) is 0.178. The molecule has 2 unspecified atom stereocenters. The van der Waals surface area contributed by atoms with E-state index >= 15 is 0 Å². The molecule has 0 saturated heterocycles. The van der Waals surface area contributed by atoms with Crippen molar-refractivity contribution in [1.82, 2.24) is 0 Å². The van der Waals surface area contributed by atoms with Crippen LogP contribution in [0.2, 0.25) is 0 Å². The van der Waals surface area contributed by atoms with Crippen LogP contribution in [0, 0.1) is 0 Å². The third kappa shape index (κ3) is 4.40. The van der Waals surface area contributed by atoms with Crippen molar-refractivity contribution in [2.45, 2.75) is 18.3 Å². The Morgan fingerprint density at radius 3 is 1.37 bits per heavy atom. The molecule has 0 bridgehead atoms. The van der Waals surface area contributed by atoms with E-state index in [4.69, 9.17) is 0 Å². The maximum absolute atomic E-state index is 2.43. The first-order valence-electron chi connectivity index (χ1n) is 18.1. The molecule has 0 heteroatoms. The Hall–Kier alpha value is -6.24. The Labute approximate surface area is 299 Å². The summed E-state index contributed by atoms with van der Waals surface area (Å²) in [7, 11) is 0. The van der Waals surface area contributed by atoms with Crippen LogP contribution in [0.1, 0.15) is 56.3 Å². The van der Waals surface area contributed by atoms with Crippen molar-refractivity contribution in [3.63, 3.8) is 0 Å². The molecule has 0 aliphatic heterocycles. The van der Waals surface area contributed by atoms with Crippen molar-refractivity contribution in [1.29, 1.82) is 0 Å². The van der Waals surface area contributed by atoms with Crippen LogP contribution in [0.3, 0.4) is 0 Å². The Balaban J connectivity index is 0.946. The van der Waals surface area contributed by atoms with Gasteiger partial charge in [-0.15, -0.1) is 0 Å². The molecule has 51 heavy (non-hydrogen) atoms. The summed E-state index contributed by atoms with van der Waals surface area (Å²) in [6.45, 7) is 0. The van der Waals surface area contributed by atoms with Gasteiger partial charge in [0, 0.05) is 11.8 Å². The lowest BCUT2D eigenvalue weighted by atomic mass is 9.87. The van der Waals surface area contributed by atoms with Crippen molar-refractivity contribution < 1.29 is 0 Å². The van der Waals surface area contributed by atoms with Crippen molar-refractivity contribution in [3.8, 4) is 55.6 Å². The number of rotatable bonds is 4. The molecule has 8 aromatic rings. The van der Waals surface area contributed by atoms with Gasteiger partial charge < -0.3 is 0 Å². The first-order valence-corrected chi connectivity index (χ1v) is 18.1. The van der Waals surface area contributed by atoms with E-state index in [1.54, 1.807) is 0 Å². The minimum atomic E-state index is 0.215. The normalized spacial score (nSPS) is 15.8. The van der Waals surface area contributed by atoms with Crippen LogP contribution in [0.25, 0.3) is 55.6 Å². The lowest BCUT2D eigenvalue weighted by molar-refractivity contribution is 1.01. The highest BCUT2D eigenvalue weighted by molar-refractivity contribution is 5.88. The zero-order valence-corrected chi connectivity index (χ0v) is 28.2. The summed E-state index contributed by atoms with van der Waals surface area (Å²) in [4.78, 5) is 0. The van der Waals surface area contributed by atoms with Crippen LogP contribution in [-0.4, -0.2) is 0 Å². The Kier molecular flexibility index (Phi) is 6.24. The first kappa shape index (κ1) is 28.6. The summed E-state index contributed by atoms with van der Waals surface area (Å²) in [5.41, 5.74) is 24.4. The van der Waals surface area contributed by atoms with Crippen LogP contribution in [0.4, 0.5) is 0 Å². The second-order valence-corrected chi connectivity index (χ2v) is 14.4. The lowest BCUT2D eigenvalue weighted by Gasteiger charge is -2.16. The average Bonchev–Trinajstić information content (AvgIpc) is 3.85. The molecule has 3 aliphatic carbocycles. The molecule has 8 aromatic carbocycles. The van der Waals surface area contributed by atoms with E-state index in [1.807, 2.05) is 0 Å². The van der Waals surface area contributed by atoms with E-state index in [0.717, 1.165) is 6.42 Å². The smallest absolute Gasteiger partial charge is 0.0352 e. The molecule has 0 amide bonds. The van der Waals surface area contributed by atoms with E-state index in [1.165, 1.54) is 100 Å². The van der Waals surface area contributed by atoms with Crippen molar-refractivity contribution in [2.24, 2.45) is 0 Å². The van der Waals surface area contributed by atoms with Gasteiger partial charge in [-0.3, -0.25) is 0 Å². The molecule has 0 heterocycles. The molecule has 2 atom stereocenters. The van der Waals surface area contributed by atoms with Gasteiger partial charge in [-0.25, -0.2) is 0 Å². The lowest BCUT2D eigenvalue weighted by Crippen LogP contribution is -1.99. The predicted molar refractivity (Wildman–Crippen MR) is 211 cm³/mol. The van der Waals surface area contributed by atoms with Gasteiger partial charge in [0.15, 0.2) is 0 Å². The number of hydrogen-bond donors (Lipinski definition) is 0. The van der Waals surface area contributed by atoms with E-state index < -0.39 is 0 Å². The Morgan fingerprint density at radius 2 is 0.725 bits per heavy atom. The van der Waals surface area contributed by atoms with Crippen LogP contribution in [0.5, 0.6) is 0 Å². The minimum absolute atomic E-state index is 0.215. The van der Waals surface area contributed by atoms with Crippen molar-refractivity contribution in [2.75, 3.05) is 0 Å². The summed E-state index contributed by atoms with van der Waals surface area (Å²) in [5, 5.41) is 0. The van der Waals surface area contributed by atoms with Gasteiger partial charge in [0.2, 0.25) is 0 Å². The molecule has 0 spiro atoms. The van der Waals surface area contributed by atoms with Crippen LogP contribution >= 0.6 is 0 Å². The molecule has 238 valence electrons. The minimum Gasteiger partial charge on any atom is -0.0622 e. The number of hydrogen-bond acceptors (Lipinski definition) is 0. The molecular formula is C51H34. The molecular weight excluding hydrogens is 613 g/mol. The van der Waals surface area contributed by atoms with E-state index in [-0.39, 0.29) is 11.8 Å². The largest absolute Gasteiger partial charge is 0.0622 e.